The van der Waals surface area contributed by atoms with Gasteiger partial charge in [0.25, 0.3) is 5.56 Å². The Kier molecular flexibility index (Phi) is 8.85. The van der Waals surface area contributed by atoms with Crippen molar-refractivity contribution in [2.24, 2.45) is 0 Å². The topological polar surface area (TPSA) is 71.7 Å². The molecule has 0 radical (unpaired) electrons. The molecule has 1 aliphatic heterocycles. The Bertz CT molecular complexity index is 1600. The van der Waals surface area contributed by atoms with Gasteiger partial charge in [0, 0.05) is 18.2 Å². The van der Waals surface area contributed by atoms with E-state index in [1.807, 2.05) is 91.0 Å². The first-order chi connectivity index (χ1) is 20.5. The van der Waals surface area contributed by atoms with Crippen molar-refractivity contribution in [1.82, 2.24) is 9.13 Å². The second-order valence-electron chi connectivity index (χ2n) is 10.1. The van der Waals surface area contributed by atoms with Crippen molar-refractivity contribution >= 4 is 0 Å². The van der Waals surface area contributed by atoms with Crippen LogP contribution in [0.25, 0.3) is 0 Å². The summed E-state index contributed by atoms with van der Waals surface area (Å²) in [7, 11) is 0. The molecular formula is C35H32N2O5. The molecule has 1 fully saturated rings. The van der Waals surface area contributed by atoms with Crippen LogP contribution in [0.4, 0.5) is 0 Å². The van der Waals surface area contributed by atoms with E-state index in [2.05, 4.69) is 11.8 Å². The van der Waals surface area contributed by atoms with Crippen molar-refractivity contribution in [3.05, 3.63) is 140 Å². The SMILES string of the molecule is C#CCO[C@H]1C[C@H](n2cc(C)c(=O)n(CC#C)c2=O)O[C@@H]1COC(c1ccccc1)(c1ccccc1)c1ccccc1. The fourth-order valence-electron chi connectivity index (χ4n) is 5.52. The zero-order valence-corrected chi connectivity index (χ0v) is 23.4. The van der Waals surface area contributed by atoms with Crippen LogP contribution in [-0.2, 0) is 26.4 Å². The van der Waals surface area contributed by atoms with Gasteiger partial charge in [0.1, 0.15) is 24.5 Å². The lowest BCUT2D eigenvalue weighted by atomic mass is 9.80. The Morgan fingerprint density at radius 1 is 0.881 bits per heavy atom. The lowest BCUT2D eigenvalue weighted by Gasteiger charge is -2.37. The minimum absolute atomic E-state index is 0.0724. The molecule has 212 valence electrons. The van der Waals surface area contributed by atoms with Crippen molar-refractivity contribution < 1.29 is 14.2 Å². The average Bonchev–Trinajstić information content (AvgIpc) is 3.44. The van der Waals surface area contributed by atoms with Crippen LogP contribution in [0.5, 0.6) is 0 Å². The molecule has 1 aliphatic rings. The van der Waals surface area contributed by atoms with Crippen LogP contribution in [0, 0.1) is 31.6 Å². The minimum Gasteiger partial charge on any atom is -0.363 e. The number of nitrogens with zero attached hydrogens (tertiary/aromatic N) is 2. The molecule has 0 bridgehead atoms. The third-order valence-electron chi connectivity index (χ3n) is 7.49. The van der Waals surface area contributed by atoms with E-state index in [-0.39, 0.29) is 19.8 Å². The van der Waals surface area contributed by atoms with Gasteiger partial charge in [-0.3, -0.25) is 9.36 Å². The maximum absolute atomic E-state index is 13.3. The molecule has 0 saturated carbocycles. The van der Waals surface area contributed by atoms with E-state index in [1.165, 1.54) is 10.8 Å². The number of terminal acetylenes is 2. The molecule has 42 heavy (non-hydrogen) atoms. The monoisotopic (exact) mass is 560 g/mol. The van der Waals surface area contributed by atoms with Gasteiger partial charge in [-0.05, 0) is 23.6 Å². The van der Waals surface area contributed by atoms with E-state index in [9.17, 15) is 9.59 Å². The summed E-state index contributed by atoms with van der Waals surface area (Å²) < 4.78 is 21.9. The number of hydrogen-bond donors (Lipinski definition) is 0. The second kappa shape index (κ2) is 12.9. The Hall–Kier alpha value is -4.66. The van der Waals surface area contributed by atoms with E-state index in [1.54, 1.807) is 6.92 Å². The highest BCUT2D eigenvalue weighted by Gasteiger charge is 2.43. The number of ether oxygens (including phenoxy) is 3. The van der Waals surface area contributed by atoms with E-state index in [4.69, 9.17) is 27.1 Å². The normalized spacial score (nSPS) is 18.3. The summed E-state index contributed by atoms with van der Waals surface area (Å²) in [5, 5.41) is 0. The maximum Gasteiger partial charge on any atom is 0.333 e. The van der Waals surface area contributed by atoms with Gasteiger partial charge < -0.3 is 14.2 Å². The summed E-state index contributed by atoms with van der Waals surface area (Å²) in [5.74, 6) is 4.90. The number of benzene rings is 3. The quantitative estimate of drug-likeness (QED) is 0.214. The summed E-state index contributed by atoms with van der Waals surface area (Å²) in [6.07, 6.45) is 11.0. The molecule has 4 aromatic rings. The Morgan fingerprint density at radius 3 is 1.93 bits per heavy atom. The van der Waals surface area contributed by atoms with Crippen molar-refractivity contribution in [2.75, 3.05) is 13.2 Å². The van der Waals surface area contributed by atoms with Gasteiger partial charge >= 0.3 is 5.69 Å². The van der Waals surface area contributed by atoms with Crippen LogP contribution in [0.1, 0.15) is 34.9 Å². The van der Waals surface area contributed by atoms with Crippen molar-refractivity contribution in [3.8, 4) is 24.7 Å². The minimum atomic E-state index is -0.963. The molecule has 1 aromatic heterocycles. The van der Waals surface area contributed by atoms with Gasteiger partial charge in [-0.1, -0.05) is 103 Å². The number of aryl methyl sites for hydroxylation is 1. The lowest BCUT2D eigenvalue weighted by Crippen LogP contribution is -2.42. The summed E-state index contributed by atoms with van der Waals surface area (Å²) >= 11 is 0. The Balaban J connectivity index is 1.54. The molecule has 2 heterocycles. The molecule has 0 N–H and O–H groups in total. The molecule has 7 nitrogen and oxygen atoms in total. The first-order valence-corrected chi connectivity index (χ1v) is 13.8. The van der Waals surface area contributed by atoms with Crippen molar-refractivity contribution in [3.63, 3.8) is 0 Å². The summed E-state index contributed by atoms with van der Waals surface area (Å²) in [5.41, 5.74) is 1.30. The molecule has 1 saturated heterocycles. The van der Waals surface area contributed by atoms with Crippen LogP contribution in [-0.4, -0.2) is 34.6 Å². The summed E-state index contributed by atoms with van der Waals surface area (Å²) in [4.78, 5) is 25.8. The number of hydrogen-bond acceptors (Lipinski definition) is 5. The van der Waals surface area contributed by atoms with Crippen LogP contribution < -0.4 is 11.2 Å². The molecule has 0 amide bonds. The van der Waals surface area contributed by atoms with Gasteiger partial charge in [0.15, 0.2) is 0 Å². The molecule has 7 heteroatoms. The highest BCUT2D eigenvalue weighted by Crippen LogP contribution is 2.41. The van der Waals surface area contributed by atoms with Crippen LogP contribution in [0.3, 0.4) is 0 Å². The van der Waals surface area contributed by atoms with Gasteiger partial charge in [-0.2, -0.15) is 0 Å². The third kappa shape index (κ3) is 5.59. The highest BCUT2D eigenvalue weighted by molar-refractivity contribution is 5.47. The van der Waals surface area contributed by atoms with Crippen molar-refractivity contribution in [2.45, 2.75) is 43.9 Å². The summed E-state index contributed by atoms with van der Waals surface area (Å²) in [6, 6.07) is 30.1. The zero-order valence-electron chi connectivity index (χ0n) is 23.4. The lowest BCUT2D eigenvalue weighted by molar-refractivity contribution is -0.102. The smallest absolute Gasteiger partial charge is 0.333 e. The van der Waals surface area contributed by atoms with Crippen LogP contribution in [0.15, 0.2) is 107 Å². The second-order valence-corrected chi connectivity index (χ2v) is 10.1. The Labute approximate surface area is 245 Å². The Morgan fingerprint density at radius 2 is 1.43 bits per heavy atom. The molecule has 0 aliphatic carbocycles. The molecular weight excluding hydrogens is 528 g/mol. The molecule has 0 spiro atoms. The molecule has 0 unspecified atom stereocenters. The van der Waals surface area contributed by atoms with E-state index in [0.29, 0.717) is 12.0 Å². The van der Waals surface area contributed by atoms with E-state index < -0.39 is 35.3 Å². The molecule has 3 atom stereocenters. The highest BCUT2D eigenvalue weighted by atomic mass is 16.6. The van der Waals surface area contributed by atoms with E-state index in [0.717, 1.165) is 21.3 Å². The van der Waals surface area contributed by atoms with Gasteiger partial charge in [0.05, 0.1) is 19.3 Å². The molecule has 3 aromatic carbocycles. The summed E-state index contributed by atoms with van der Waals surface area (Å²) in [6.45, 7) is 1.70. The predicted octanol–water partition coefficient (Wildman–Crippen LogP) is 4.27. The van der Waals surface area contributed by atoms with Gasteiger partial charge in [0.2, 0.25) is 0 Å². The van der Waals surface area contributed by atoms with Crippen LogP contribution in [0.2, 0.25) is 0 Å². The average molecular weight is 561 g/mol. The number of rotatable bonds is 10. The largest absolute Gasteiger partial charge is 0.363 e. The number of aromatic nitrogens is 2. The van der Waals surface area contributed by atoms with Gasteiger partial charge in [-0.15, -0.1) is 12.8 Å². The molecule has 5 rings (SSSR count). The van der Waals surface area contributed by atoms with Crippen LogP contribution >= 0.6 is 0 Å². The van der Waals surface area contributed by atoms with E-state index >= 15 is 0 Å². The van der Waals surface area contributed by atoms with Crippen molar-refractivity contribution in [1.29, 1.82) is 0 Å². The zero-order chi connectivity index (χ0) is 29.5. The maximum atomic E-state index is 13.3. The fourth-order valence-corrected chi connectivity index (χ4v) is 5.52. The first kappa shape index (κ1) is 28.9. The standard InChI is InChI=1S/C35H32N2O5/c1-4-21-36-33(38)26(3)24-37(34(36)39)32-23-30(40-22-5-2)31(42-32)25-41-35(27-15-9-6-10-16-27,28-17-11-7-12-18-28)29-19-13-8-14-20-29/h1-2,6-20,24,30-32H,21-23,25H2,3H3/t30-,31+,32+/m0/s1. The third-order valence-corrected chi connectivity index (χ3v) is 7.49. The van der Waals surface area contributed by atoms with Gasteiger partial charge in [-0.25, -0.2) is 9.36 Å². The first-order valence-electron chi connectivity index (χ1n) is 13.8. The predicted molar refractivity (Wildman–Crippen MR) is 161 cm³/mol. The fraction of sp³-hybridized carbons (Fsp3) is 0.257.